The number of benzene rings is 2. The Bertz CT molecular complexity index is 2330. The highest BCUT2D eigenvalue weighted by atomic mass is 32.2. The quantitative estimate of drug-likeness (QED) is 0.188. The molecule has 9 rings (SSSR count). The molecule has 0 bridgehead atoms. The number of carbonyl (C=O) groups is 4. The normalized spacial score (nSPS) is 20.7. The Labute approximate surface area is 270 Å². The number of likely N-dealkylation sites (tertiary alicyclic amines) is 1. The van der Waals surface area contributed by atoms with Crippen molar-refractivity contribution in [3.8, 4) is 17.2 Å². The van der Waals surface area contributed by atoms with E-state index in [9.17, 15) is 29.4 Å². The standard InChI is InChI=1S/C34H27N5O7S/c1-46-30-26-18(9-23(37-26)33(45)47-2)17-5-6-38(28(17)29(30)42)31(43)22-10-19-27(36-22)24(41)11-25-34(19)12-15(34)13-39(25)32(44)21-8-14-7-16(40)3-4-20(14)35-21/h3-4,7-11,15,35-37,40,42H,5-6,12-13H2,1-2H3/t15-,34-/m0/s1. The molecule has 47 heavy (non-hydrogen) atoms. The van der Waals surface area contributed by atoms with Gasteiger partial charge in [-0.05, 0) is 72.5 Å². The molecule has 2 atom stereocenters. The zero-order chi connectivity index (χ0) is 32.5. The van der Waals surface area contributed by atoms with Gasteiger partial charge in [-0.2, -0.15) is 0 Å². The van der Waals surface area contributed by atoms with Gasteiger partial charge in [0.15, 0.2) is 11.5 Å². The van der Waals surface area contributed by atoms with Gasteiger partial charge in [0.25, 0.3) is 11.8 Å². The number of fused-ring (bicyclic) bond motifs is 5. The number of hydrogen-bond acceptors (Lipinski definition) is 8. The molecule has 12 nitrogen and oxygen atoms in total. The first-order valence-corrected chi connectivity index (χ1v) is 16.3. The summed E-state index contributed by atoms with van der Waals surface area (Å²) in [5.41, 5.74) is 4.27. The van der Waals surface area contributed by atoms with Crippen LogP contribution < -0.4 is 9.64 Å². The third-order valence-corrected chi connectivity index (χ3v) is 10.8. The van der Waals surface area contributed by atoms with Gasteiger partial charge in [-0.15, -0.1) is 0 Å². The topological polar surface area (TPSA) is 172 Å². The number of nitrogens with zero attached hydrogens (tertiary/aromatic N) is 2. The minimum Gasteiger partial charge on any atom is -0.508 e. The minimum atomic E-state index is -0.552. The molecule has 1 spiro atoms. The van der Waals surface area contributed by atoms with Crippen molar-refractivity contribution < 1.29 is 34.1 Å². The highest BCUT2D eigenvalue weighted by Crippen LogP contribution is 2.67. The number of carbonyl (C=O) groups excluding carboxylic acids is 4. The third-order valence-electron chi connectivity index (χ3n) is 10.2. The van der Waals surface area contributed by atoms with E-state index >= 15 is 0 Å². The highest BCUT2D eigenvalue weighted by molar-refractivity contribution is 8.13. The van der Waals surface area contributed by atoms with E-state index in [2.05, 4.69) is 15.0 Å². The van der Waals surface area contributed by atoms with Gasteiger partial charge in [0.05, 0.1) is 29.7 Å². The Morgan fingerprint density at radius 1 is 1.00 bits per heavy atom. The first kappa shape index (κ1) is 27.8. The molecule has 1 saturated carbocycles. The van der Waals surface area contributed by atoms with Gasteiger partial charge in [-0.1, -0.05) is 11.8 Å². The molecule has 236 valence electrons. The van der Waals surface area contributed by atoms with E-state index in [0.717, 1.165) is 23.7 Å². The third kappa shape index (κ3) is 3.59. The van der Waals surface area contributed by atoms with Gasteiger partial charge in [0.2, 0.25) is 10.9 Å². The summed E-state index contributed by atoms with van der Waals surface area (Å²) in [7, 11) is 1.41. The van der Waals surface area contributed by atoms with Crippen LogP contribution in [0.3, 0.4) is 0 Å². The summed E-state index contributed by atoms with van der Waals surface area (Å²) >= 11 is 1.07. The maximum Gasteiger partial charge on any atom is 0.274 e. The van der Waals surface area contributed by atoms with Crippen LogP contribution >= 0.6 is 11.8 Å². The van der Waals surface area contributed by atoms with Crippen LogP contribution in [0.15, 0.2) is 48.2 Å². The second-order valence-corrected chi connectivity index (χ2v) is 13.3. The van der Waals surface area contributed by atoms with Crippen molar-refractivity contribution >= 4 is 62.0 Å². The van der Waals surface area contributed by atoms with Crippen molar-refractivity contribution in [3.63, 3.8) is 0 Å². The summed E-state index contributed by atoms with van der Waals surface area (Å²) in [6.07, 6.45) is 4.39. The molecule has 1 saturated heterocycles. The van der Waals surface area contributed by atoms with E-state index in [1.54, 1.807) is 47.6 Å². The van der Waals surface area contributed by atoms with Crippen LogP contribution in [0.25, 0.3) is 21.8 Å². The smallest absolute Gasteiger partial charge is 0.274 e. The molecular formula is C34H27N5O7S. The number of rotatable bonds is 4. The fourth-order valence-corrected chi connectivity index (χ4v) is 8.33. The number of phenols is 2. The maximum absolute atomic E-state index is 14.1. The van der Waals surface area contributed by atoms with E-state index < -0.39 is 11.3 Å². The molecule has 5 N–H and O–H groups in total. The fourth-order valence-electron chi connectivity index (χ4n) is 8.00. The van der Waals surface area contributed by atoms with Crippen LogP contribution in [0, 0.1) is 5.92 Å². The van der Waals surface area contributed by atoms with Crippen molar-refractivity contribution in [2.45, 2.75) is 18.3 Å². The van der Waals surface area contributed by atoms with Gasteiger partial charge >= 0.3 is 0 Å². The number of thioether (sulfide) groups is 1. The summed E-state index contributed by atoms with van der Waals surface area (Å²) < 4.78 is 5.53. The van der Waals surface area contributed by atoms with Gasteiger partial charge in [-0.25, -0.2) is 0 Å². The summed E-state index contributed by atoms with van der Waals surface area (Å²) in [5.74, 6) is -0.880. The Balaban J connectivity index is 1.06. The van der Waals surface area contributed by atoms with Crippen molar-refractivity contribution in [1.29, 1.82) is 0 Å². The largest absolute Gasteiger partial charge is 0.508 e. The van der Waals surface area contributed by atoms with Crippen LogP contribution in [0.1, 0.15) is 59.5 Å². The van der Waals surface area contributed by atoms with Crippen molar-refractivity contribution in [2.24, 2.45) is 5.92 Å². The summed E-state index contributed by atoms with van der Waals surface area (Å²) in [4.78, 5) is 66.2. The lowest BCUT2D eigenvalue weighted by Gasteiger charge is -2.27. The van der Waals surface area contributed by atoms with Gasteiger partial charge in [-0.3, -0.25) is 19.2 Å². The molecule has 2 aromatic carbocycles. The molecular weight excluding hydrogens is 622 g/mol. The van der Waals surface area contributed by atoms with Crippen LogP contribution in [0.5, 0.6) is 17.2 Å². The zero-order valence-electron chi connectivity index (χ0n) is 25.2. The van der Waals surface area contributed by atoms with Gasteiger partial charge < -0.3 is 39.7 Å². The minimum absolute atomic E-state index is 0.0950. The van der Waals surface area contributed by atoms with Gasteiger partial charge in [0.1, 0.15) is 17.1 Å². The number of aromatic hydroxyl groups is 2. The SMILES string of the molecule is COc1c(O)c2c(c3cc(C(=O)SC)[nH]c13)CCN2C(=O)c1cc2c([nH]1)C(=O)C=C1N(C(=O)c3cc4cc(O)ccc4[nH]3)C[C@@H]3C[C@@]123. The second kappa shape index (κ2) is 9.32. The number of amides is 2. The zero-order valence-corrected chi connectivity index (χ0v) is 26.0. The number of H-pyrrole nitrogens is 3. The number of methoxy groups -OCH3 is 1. The van der Waals surface area contributed by atoms with Crippen molar-refractivity contribution in [1.82, 2.24) is 19.9 Å². The summed E-state index contributed by atoms with van der Waals surface area (Å²) in [6.45, 7) is 0.716. The molecule has 5 heterocycles. The van der Waals surface area contributed by atoms with E-state index in [1.165, 1.54) is 18.1 Å². The van der Waals surface area contributed by atoms with Crippen LogP contribution in [-0.2, 0) is 11.8 Å². The summed E-state index contributed by atoms with van der Waals surface area (Å²) in [6, 6.07) is 9.97. The average molecular weight is 650 g/mol. The predicted octanol–water partition coefficient (Wildman–Crippen LogP) is 4.60. The number of piperidine rings is 1. The maximum atomic E-state index is 14.1. The number of aromatic nitrogens is 3. The first-order chi connectivity index (χ1) is 22.6. The molecule has 0 unspecified atom stereocenters. The molecule has 0 radical (unpaired) electrons. The van der Waals surface area contributed by atoms with Crippen molar-refractivity contribution in [2.75, 3.05) is 31.4 Å². The molecule has 2 aliphatic carbocycles. The number of anilines is 1. The Kier molecular flexibility index (Phi) is 5.52. The predicted molar refractivity (Wildman–Crippen MR) is 174 cm³/mol. The van der Waals surface area contributed by atoms with E-state index in [1.807, 2.05) is 0 Å². The van der Waals surface area contributed by atoms with Gasteiger partial charge in [0, 0.05) is 46.6 Å². The molecule has 2 amide bonds. The lowest BCUT2D eigenvalue weighted by molar-refractivity contribution is 0.0806. The lowest BCUT2D eigenvalue weighted by Crippen LogP contribution is -2.33. The van der Waals surface area contributed by atoms with Crippen LogP contribution in [0.2, 0.25) is 0 Å². The van der Waals surface area contributed by atoms with Crippen molar-refractivity contribution in [3.05, 3.63) is 82.1 Å². The second-order valence-electron chi connectivity index (χ2n) is 12.5. The molecule has 4 aliphatic rings. The molecule has 13 heteroatoms. The van der Waals surface area contributed by atoms with Crippen LogP contribution in [0.4, 0.5) is 5.69 Å². The Morgan fingerprint density at radius 3 is 2.57 bits per heavy atom. The number of phenolic OH excluding ortho intramolecular Hbond substituents is 2. The molecule has 2 aliphatic heterocycles. The number of aromatic amines is 3. The van der Waals surface area contributed by atoms with E-state index in [4.69, 9.17) is 4.74 Å². The average Bonchev–Trinajstić information content (AvgIpc) is 3.70. The lowest BCUT2D eigenvalue weighted by atomic mass is 9.85. The fraction of sp³-hybridized carbons (Fsp3) is 0.235. The molecule has 2 fully saturated rings. The highest BCUT2D eigenvalue weighted by Gasteiger charge is 2.68. The molecule has 3 aromatic heterocycles. The van der Waals surface area contributed by atoms with E-state index in [0.29, 0.717) is 68.8 Å². The van der Waals surface area contributed by atoms with E-state index in [-0.39, 0.29) is 52.2 Å². The monoisotopic (exact) mass is 649 g/mol. The number of nitrogens with one attached hydrogen (secondary N) is 3. The first-order valence-electron chi connectivity index (χ1n) is 15.1. The molecule has 5 aromatic rings. The summed E-state index contributed by atoms with van der Waals surface area (Å²) in [5, 5.41) is 22.4. The number of ether oxygens (including phenoxy) is 1. The number of ketones is 1. The Morgan fingerprint density at radius 2 is 1.79 bits per heavy atom. The number of allylic oxidation sites excluding steroid dienone is 2. The number of hydrogen-bond donors (Lipinski definition) is 5. The Hall–Kier alpha value is -5.43. The van der Waals surface area contributed by atoms with Crippen LogP contribution in [-0.4, -0.2) is 79.2 Å².